The van der Waals surface area contributed by atoms with Crippen molar-refractivity contribution in [2.24, 2.45) is 7.05 Å². The van der Waals surface area contributed by atoms with Gasteiger partial charge in [0.15, 0.2) is 13.0 Å². The molecular weight excluding hydrogens is 684 g/mol. The number of para-hydroxylation sites is 1. The fraction of sp³-hybridized carbons (Fsp3) is 0.378. The van der Waals surface area contributed by atoms with Crippen LogP contribution in [0.4, 0.5) is 10.1 Å². The first-order valence-corrected chi connectivity index (χ1v) is 17.5. The number of hydrogen-bond acceptors (Lipinski definition) is 8. The quantitative estimate of drug-likeness (QED) is 0.135. The summed E-state index contributed by atoms with van der Waals surface area (Å²) in [6.07, 6.45) is 3.99. The Morgan fingerprint density at radius 3 is 2.42 bits per heavy atom. The van der Waals surface area contributed by atoms with Crippen molar-refractivity contribution in [2.75, 3.05) is 37.9 Å². The molecular formula is C37H38Cl2FN5O5. The van der Waals surface area contributed by atoms with Gasteiger partial charge in [-0.05, 0) is 56.3 Å². The molecule has 3 aliphatic rings. The Morgan fingerprint density at radius 2 is 1.78 bits per heavy atom. The molecule has 0 aliphatic carbocycles. The van der Waals surface area contributed by atoms with Crippen molar-refractivity contribution in [1.82, 2.24) is 19.6 Å². The molecule has 4 aromatic rings. The lowest BCUT2D eigenvalue weighted by Crippen LogP contribution is -2.64. The summed E-state index contributed by atoms with van der Waals surface area (Å²) in [6, 6.07) is 12.0. The molecule has 0 saturated carbocycles. The van der Waals surface area contributed by atoms with E-state index in [0.717, 1.165) is 17.5 Å². The molecule has 262 valence electrons. The van der Waals surface area contributed by atoms with Gasteiger partial charge in [0, 0.05) is 35.5 Å². The number of anilines is 1. The Bertz CT molecular complexity index is 1930. The molecule has 3 unspecified atom stereocenters. The predicted molar refractivity (Wildman–Crippen MR) is 189 cm³/mol. The second-order valence-electron chi connectivity index (χ2n) is 12.9. The zero-order chi connectivity index (χ0) is 35.3. The number of fused-ring (bicyclic) bond motifs is 3. The fourth-order valence-corrected chi connectivity index (χ4v) is 7.84. The SMILES string of the molecule is CCN(CC)C(C)OC(=O)c1cc(F)c(-c2cccc3c2OCN(C(=O)c2c(Cl)cc(-c4cnn(C)c4)cc2Cl)C3)cc1N1C2COCC1C2. The summed E-state index contributed by atoms with van der Waals surface area (Å²) in [7, 11) is 1.81. The third kappa shape index (κ3) is 6.21. The van der Waals surface area contributed by atoms with E-state index in [1.807, 2.05) is 45.0 Å². The van der Waals surface area contributed by atoms with E-state index in [1.165, 1.54) is 11.0 Å². The van der Waals surface area contributed by atoms with Crippen LogP contribution >= 0.6 is 23.2 Å². The number of halogens is 3. The molecule has 2 bridgehead atoms. The van der Waals surface area contributed by atoms with Gasteiger partial charge in [-0.1, -0.05) is 55.2 Å². The van der Waals surface area contributed by atoms with Crippen molar-refractivity contribution in [3.63, 3.8) is 0 Å². The zero-order valence-corrected chi connectivity index (χ0v) is 29.8. The number of carbonyl (C=O) groups is 2. The molecule has 3 aromatic carbocycles. The van der Waals surface area contributed by atoms with Crippen LogP contribution in [0.15, 0.2) is 54.9 Å². The summed E-state index contributed by atoms with van der Waals surface area (Å²) in [6.45, 7) is 8.38. The molecule has 2 fully saturated rings. The molecule has 2 saturated heterocycles. The van der Waals surface area contributed by atoms with Gasteiger partial charge < -0.3 is 24.0 Å². The average molecular weight is 723 g/mol. The number of morpholine rings is 1. The van der Waals surface area contributed by atoms with Crippen LogP contribution in [-0.4, -0.2) is 82.8 Å². The van der Waals surface area contributed by atoms with E-state index in [4.69, 9.17) is 37.4 Å². The van der Waals surface area contributed by atoms with Crippen molar-refractivity contribution >= 4 is 40.8 Å². The van der Waals surface area contributed by atoms with Crippen LogP contribution in [-0.2, 0) is 23.1 Å². The maximum Gasteiger partial charge on any atom is 0.341 e. The van der Waals surface area contributed by atoms with Gasteiger partial charge >= 0.3 is 5.97 Å². The summed E-state index contributed by atoms with van der Waals surface area (Å²) < 4.78 is 35.6. The lowest BCUT2D eigenvalue weighted by molar-refractivity contribution is -0.0200. The number of benzene rings is 3. The molecule has 1 aromatic heterocycles. The van der Waals surface area contributed by atoms with Gasteiger partial charge in [0.25, 0.3) is 5.91 Å². The van der Waals surface area contributed by atoms with Crippen molar-refractivity contribution in [3.05, 3.63) is 87.4 Å². The number of carbonyl (C=O) groups excluding carboxylic acids is 2. The molecule has 0 radical (unpaired) electrons. The Morgan fingerprint density at radius 1 is 1.06 bits per heavy atom. The van der Waals surface area contributed by atoms with Crippen molar-refractivity contribution in [1.29, 1.82) is 0 Å². The Balaban J connectivity index is 1.19. The highest BCUT2D eigenvalue weighted by Crippen LogP contribution is 2.44. The third-order valence-electron chi connectivity index (χ3n) is 9.83. The summed E-state index contributed by atoms with van der Waals surface area (Å²) in [5.41, 5.74) is 3.99. The van der Waals surface area contributed by atoms with Crippen LogP contribution in [0, 0.1) is 5.82 Å². The highest BCUT2D eigenvalue weighted by atomic mass is 35.5. The van der Waals surface area contributed by atoms with Crippen molar-refractivity contribution in [3.8, 4) is 28.0 Å². The van der Waals surface area contributed by atoms with E-state index in [1.54, 1.807) is 41.2 Å². The second-order valence-corrected chi connectivity index (χ2v) is 13.7. The third-order valence-corrected chi connectivity index (χ3v) is 10.4. The van der Waals surface area contributed by atoms with Crippen LogP contribution < -0.4 is 9.64 Å². The van der Waals surface area contributed by atoms with E-state index in [9.17, 15) is 9.59 Å². The van der Waals surface area contributed by atoms with Crippen LogP contribution in [0.1, 0.15) is 53.5 Å². The van der Waals surface area contributed by atoms with Crippen LogP contribution in [0.2, 0.25) is 10.0 Å². The van der Waals surface area contributed by atoms with Gasteiger partial charge in [-0.15, -0.1) is 0 Å². The minimum atomic E-state index is -0.582. The monoisotopic (exact) mass is 721 g/mol. The van der Waals surface area contributed by atoms with Crippen LogP contribution in [0.5, 0.6) is 5.75 Å². The lowest BCUT2D eigenvalue weighted by atomic mass is 9.88. The van der Waals surface area contributed by atoms with Crippen LogP contribution in [0.3, 0.4) is 0 Å². The number of rotatable bonds is 9. The number of amides is 1. The molecule has 0 N–H and O–H groups in total. The number of esters is 1. The van der Waals surface area contributed by atoms with Gasteiger partial charge in [-0.2, -0.15) is 5.10 Å². The molecule has 7 rings (SSSR count). The first kappa shape index (κ1) is 34.3. The number of aryl methyl sites for hydroxylation is 1. The highest BCUT2D eigenvalue weighted by molar-refractivity contribution is 6.40. The van der Waals surface area contributed by atoms with E-state index >= 15 is 4.39 Å². The van der Waals surface area contributed by atoms with Gasteiger partial charge in [-0.3, -0.25) is 14.4 Å². The average Bonchev–Trinajstić information content (AvgIpc) is 3.55. The van der Waals surface area contributed by atoms with Gasteiger partial charge in [0.2, 0.25) is 0 Å². The number of aromatic nitrogens is 2. The molecule has 10 nitrogen and oxygen atoms in total. The molecule has 13 heteroatoms. The van der Waals surface area contributed by atoms with Gasteiger partial charge in [-0.25, -0.2) is 9.18 Å². The maximum absolute atomic E-state index is 16.2. The molecule has 1 amide bonds. The van der Waals surface area contributed by atoms with Crippen molar-refractivity contribution < 1.29 is 28.2 Å². The second kappa shape index (κ2) is 13.9. The van der Waals surface area contributed by atoms with Gasteiger partial charge in [0.05, 0.1) is 64.9 Å². The summed E-state index contributed by atoms with van der Waals surface area (Å²) >= 11 is 13.2. The largest absolute Gasteiger partial charge is 0.472 e. The predicted octanol–water partition coefficient (Wildman–Crippen LogP) is 7.01. The fourth-order valence-electron chi connectivity index (χ4n) is 7.20. The lowest BCUT2D eigenvalue weighted by Gasteiger charge is -2.54. The van der Waals surface area contributed by atoms with Gasteiger partial charge in [0.1, 0.15) is 11.6 Å². The van der Waals surface area contributed by atoms with Crippen LogP contribution in [0.25, 0.3) is 22.3 Å². The molecule has 4 heterocycles. The van der Waals surface area contributed by atoms with E-state index in [0.29, 0.717) is 48.9 Å². The molecule has 0 spiro atoms. The Hall–Kier alpha value is -4.16. The molecule has 3 atom stereocenters. The van der Waals surface area contributed by atoms with E-state index in [2.05, 4.69) is 10.00 Å². The smallest absolute Gasteiger partial charge is 0.341 e. The summed E-state index contributed by atoms with van der Waals surface area (Å²) in [5, 5.41) is 4.61. The Kier molecular flexibility index (Phi) is 9.51. The Labute approximate surface area is 300 Å². The minimum absolute atomic E-state index is 0.0800. The summed E-state index contributed by atoms with van der Waals surface area (Å²) in [4.78, 5) is 33.0. The zero-order valence-electron chi connectivity index (χ0n) is 28.3. The minimum Gasteiger partial charge on any atom is -0.472 e. The maximum atomic E-state index is 16.2. The summed E-state index contributed by atoms with van der Waals surface area (Å²) in [5.74, 6) is -1.10. The topological polar surface area (TPSA) is 89.4 Å². The normalized spacial score (nSPS) is 18.7. The highest BCUT2D eigenvalue weighted by Gasteiger charge is 2.44. The first-order valence-electron chi connectivity index (χ1n) is 16.7. The number of ether oxygens (including phenoxy) is 3. The van der Waals surface area contributed by atoms with E-state index in [-0.39, 0.29) is 52.1 Å². The molecule has 50 heavy (non-hydrogen) atoms. The number of nitrogens with zero attached hydrogens (tertiary/aromatic N) is 5. The molecule has 3 aliphatic heterocycles. The standard InChI is InChI=1S/C37H38Cl2FN5O5/c1-5-43(6-2)21(3)50-37(47)29-13-32(40)28(14-33(29)45-25-12-26(45)19-48-18-25)27-9-7-8-22-17-44(20-49-35(22)27)36(46)34-30(38)10-23(11-31(34)39)24-15-41-42(4)16-24/h7-11,13-16,21,25-26H,5-6,12,17-20H2,1-4H3. The first-order chi connectivity index (χ1) is 24.1. The number of hydrogen-bond donors (Lipinski definition) is 0. The van der Waals surface area contributed by atoms with E-state index < -0.39 is 23.9 Å². The van der Waals surface area contributed by atoms with Crippen molar-refractivity contribution in [2.45, 2.75) is 52.0 Å².